The van der Waals surface area contributed by atoms with Gasteiger partial charge in [-0.15, -0.1) is 0 Å². The number of hydrogen-bond acceptors (Lipinski definition) is 2. The second-order valence-electron chi connectivity index (χ2n) is 5.54. The molecule has 0 atom stereocenters. The molecule has 0 bridgehead atoms. The minimum atomic E-state index is 0.544. The Labute approximate surface area is 173 Å². The highest BCUT2D eigenvalue weighted by molar-refractivity contribution is 9.11. The summed E-state index contributed by atoms with van der Waals surface area (Å²) in [5.74, 6) is 0.843. The van der Waals surface area contributed by atoms with E-state index in [0.717, 1.165) is 37.0 Å². The molecule has 0 saturated heterocycles. The molecule has 0 aliphatic rings. The SMILES string of the molecule is Brc1ccc(COc2ccc(CNc3ccc(Br)cc3)cc2Br)cc1. The molecule has 2 nitrogen and oxygen atoms in total. The molecule has 0 unspecified atom stereocenters. The van der Waals surface area contributed by atoms with E-state index in [1.165, 1.54) is 5.56 Å². The highest BCUT2D eigenvalue weighted by Crippen LogP contribution is 2.27. The number of nitrogens with one attached hydrogen (secondary N) is 1. The molecule has 0 aromatic heterocycles. The largest absolute Gasteiger partial charge is 0.488 e. The maximum Gasteiger partial charge on any atom is 0.134 e. The quantitative estimate of drug-likeness (QED) is 0.368. The first-order valence-corrected chi connectivity index (χ1v) is 10.1. The molecule has 0 spiro atoms. The van der Waals surface area contributed by atoms with Crippen LogP contribution in [0.5, 0.6) is 5.75 Å². The van der Waals surface area contributed by atoms with Gasteiger partial charge in [-0.3, -0.25) is 0 Å². The molecule has 25 heavy (non-hydrogen) atoms. The van der Waals surface area contributed by atoms with Crippen LogP contribution in [0.15, 0.2) is 80.1 Å². The van der Waals surface area contributed by atoms with Crippen molar-refractivity contribution in [1.29, 1.82) is 0 Å². The zero-order valence-electron chi connectivity index (χ0n) is 13.3. The molecule has 1 N–H and O–H groups in total. The minimum absolute atomic E-state index is 0.544. The van der Waals surface area contributed by atoms with Crippen LogP contribution in [0.1, 0.15) is 11.1 Å². The lowest BCUT2D eigenvalue weighted by Gasteiger charge is -2.11. The molecule has 3 aromatic carbocycles. The Balaban J connectivity index is 1.58. The van der Waals surface area contributed by atoms with Gasteiger partial charge in [0.15, 0.2) is 0 Å². The summed E-state index contributed by atoms with van der Waals surface area (Å²) in [6.45, 7) is 1.30. The van der Waals surface area contributed by atoms with E-state index in [1.54, 1.807) is 0 Å². The summed E-state index contributed by atoms with van der Waals surface area (Å²) in [6, 6.07) is 22.5. The molecule has 3 aromatic rings. The van der Waals surface area contributed by atoms with E-state index in [2.05, 4.69) is 89.5 Å². The number of anilines is 1. The average molecular weight is 526 g/mol. The van der Waals surface area contributed by atoms with Gasteiger partial charge in [0.05, 0.1) is 4.47 Å². The first kappa shape index (κ1) is 18.5. The van der Waals surface area contributed by atoms with E-state index < -0.39 is 0 Å². The first-order chi connectivity index (χ1) is 12.1. The monoisotopic (exact) mass is 523 g/mol. The summed E-state index contributed by atoms with van der Waals surface area (Å²) < 4.78 is 9.01. The van der Waals surface area contributed by atoms with Gasteiger partial charge in [0.2, 0.25) is 0 Å². The van der Waals surface area contributed by atoms with Crippen LogP contribution in [0, 0.1) is 0 Å². The van der Waals surface area contributed by atoms with Gasteiger partial charge >= 0.3 is 0 Å². The Morgan fingerprint density at radius 1 is 0.720 bits per heavy atom. The van der Waals surface area contributed by atoms with E-state index in [4.69, 9.17) is 4.74 Å². The van der Waals surface area contributed by atoms with Crippen molar-refractivity contribution in [2.75, 3.05) is 5.32 Å². The Hall–Kier alpha value is -1.30. The fourth-order valence-electron chi connectivity index (χ4n) is 2.28. The number of hydrogen-bond donors (Lipinski definition) is 1. The van der Waals surface area contributed by atoms with E-state index >= 15 is 0 Å². The Kier molecular flexibility index (Phi) is 6.57. The molecule has 0 aliphatic heterocycles. The summed E-state index contributed by atoms with van der Waals surface area (Å²) in [6.07, 6.45) is 0. The Morgan fingerprint density at radius 2 is 1.32 bits per heavy atom. The molecule has 0 radical (unpaired) electrons. The fourth-order valence-corrected chi connectivity index (χ4v) is 3.35. The van der Waals surface area contributed by atoms with Crippen molar-refractivity contribution >= 4 is 53.5 Å². The molecular weight excluding hydrogens is 510 g/mol. The second kappa shape index (κ2) is 8.88. The van der Waals surface area contributed by atoms with Crippen LogP contribution in [-0.2, 0) is 13.2 Å². The van der Waals surface area contributed by atoms with E-state index in [1.807, 2.05) is 30.3 Å². The number of rotatable bonds is 6. The summed E-state index contributed by atoms with van der Waals surface area (Å²) >= 11 is 10.5. The zero-order valence-corrected chi connectivity index (χ0v) is 18.1. The van der Waals surface area contributed by atoms with Gasteiger partial charge in [0, 0.05) is 21.2 Å². The number of halogens is 3. The van der Waals surface area contributed by atoms with Crippen molar-refractivity contribution in [2.45, 2.75) is 13.2 Å². The van der Waals surface area contributed by atoms with Crippen molar-refractivity contribution in [3.63, 3.8) is 0 Å². The maximum atomic E-state index is 5.91. The summed E-state index contributed by atoms with van der Waals surface area (Å²) in [5, 5.41) is 3.41. The van der Waals surface area contributed by atoms with Gasteiger partial charge in [0.1, 0.15) is 12.4 Å². The van der Waals surface area contributed by atoms with Gasteiger partial charge < -0.3 is 10.1 Å². The molecule has 5 heteroatoms. The summed E-state index contributed by atoms with van der Waals surface area (Å²) in [7, 11) is 0. The van der Waals surface area contributed by atoms with E-state index in [9.17, 15) is 0 Å². The molecule has 128 valence electrons. The van der Waals surface area contributed by atoms with Gasteiger partial charge in [-0.25, -0.2) is 0 Å². The Bertz CT molecular complexity index is 833. The maximum absolute atomic E-state index is 5.91. The van der Waals surface area contributed by atoms with E-state index in [0.29, 0.717) is 6.61 Å². The third kappa shape index (κ3) is 5.59. The van der Waals surface area contributed by atoms with Gasteiger partial charge in [-0.2, -0.15) is 0 Å². The summed E-state index contributed by atoms with van der Waals surface area (Å²) in [4.78, 5) is 0. The predicted molar refractivity (Wildman–Crippen MR) is 114 cm³/mol. The second-order valence-corrected chi connectivity index (χ2v) is 8.23. The number of benzene rings is 3. The summed E-state index contributed by atoms with van der Waals surface area (Å²) in [5.41, 5.74) is 3.41. The van der Waals surface area contributed by atoms with Crippen molar-refractivity contribution in [3.05, 3.63) is 91.3 Å². The molecule has 0 aliphatic carbocycles. The van der Waals surface area contributed by atoms with Gasteiger partial charge in [-0.05, 0) is 75.6 Å². The number of ether oxygens (including phenoxy) is 1. The lowest BCUT2D eigenvalue weighted by Crippen LogP contribution is -2.00. The van der Waals surface area contributed by atoms with Crippen molar-refractivity contribution < 1.29 is 4.74 Å². The Morgan fingerprint density at radius 3 is 1.96 bits per heavy atom. The third-order valence-corrected chi connectivity index (χ3v) is 5.32. The van der Waals surface area contributed by atoms with E-state index in [-0.39, 0.29) is 0 Å². The highest BCUT2D eigenvalue weighted by atomic mass is 79.9. The third-order valence-electron chi connectivity index (χ3n) is 3.64. The van der Waals surface area contributed by atoms with Gasteiger partial charge in [0.25, 0.3) is 0 Å². The minimum Gasteiger partial charge on any atom is -0.488 e. The molecule has 0 amide bonds. The normalized spacial score (nSPS) is 10.5. The van der Waals surface area contributed by atoms with Crippen LogP contribution in [0.2, 0.25) is 0 Å². The smallest absolute Gasteiger partial charge is 0.134 e. The predicted octanol–water partition coefficient (Wildman–Crippen LogP) is 7.17. The molecule has 0 saturated carbocycles. The fraction of sp³-hybridized carbons (Fsp3) is 0.100. The lowest BCUT2D eigenvalue weighted by molar-refractivity contribution is 0.304. The average Bonchev–Trinajstić information content (AvgIpc) is 2.62. The molecule has 0 fully saturated rings. The molecule has 3 rings (SSSR count). The van der Waals surface area contributed by atoms with Crippen LogP contribution < -0.4 is 10.1 Å². The van der Waals surface area contributed by atoms with Crippen molar-refractivity contribution in [3.8, 4) is 5.75 Å². The van der Waals surface area contributed by atoms with Gasteiger partial charge in [-0.1, -0.05) is 50.1 Å². The first-order valence-electron chi connectivity index (χ1n) is 7.75. The standard InChI is InChI=1S/C20H16Br3NO/c21-16-4-1-14(2-5-16)13-25-20-10-3-15(11-19(20)23)12-24-18-8-6-17(22)7-9-18/h1-11,24H,12-13H2. The zero-order chi connectivity index (χ0) is 17.6. The molecule has 0 heterocycles. The highest BCUT2D eigenvalue weighted by Gasteiger charge is 2.04. The topological polar surface area (TPSA) is 21.3 Å². The van der Waals surface area contributed by atoms with Crippen molar-refractivity contribution in [1.82, 2.24) is 0 Å². The lowest BCUT2D eigenvalue weighted by atomic mass is 10.2. The van der Waals surface area contributed by atoms with Crippen LogP contribution >= 0.6 is 47.8 Å². The van der Waals surface area contributed by atoms with Crippen LogP contribution in [0.3, 0.4) is 0 Å². The van der Waals surface area contributed by atoms with Crippen LogP contribution in [-0.4, -0.2) is 0 Å². The van der Waals surface area contributed by atoms with Crippen LogP contribution in [0.25, 0.3) is 0 Å². The molecular formula is C20H16Br3NO. The van der Waals surface area contributed by atoms with Crippen molar-refractivity contribution in [2.24, 2.45) is 0 Å². The van der Waals surface area contributed by atoms with Crippen LogP contribution in [0.4, 0.5) is 5.69 Å².